The summed E-state index contributed by atoms with van der Waals surface area (Å²) in [7, 11) is 0. The van der Waals surface area contributed by atoms with Crippen LogP contribution in [0.3, 0.4) is 0 Å². The van der Waals surface area contributed by atoms with Gasteiger partial charge in [0.25, 0.3) is 0 Å². The van der Waals surface area contributed by atoms with Gasteiger partial charge in [-0.25, -0.2) is 4.98 Å². The summed E-state index contributed by atoms with van der Waals surface area (Å²) in [4.78, 5) is 14.0. The first-order valence-corrected chi connectivity index (χ1v) is 9.50. The van der Waals surface area contributed by atoms with E-state index in [-0.39, 0.29) is 0 Å². The van der Waals surface area contributed by atoms with E-state index in [0.717, 1.165) is 41.5 Å². The molecule has 4 rings (SSSR count). The lowest BCUT2D eigenvalue weighted by Gasteiger charge is -2.15. The lowest BCUT2D eigenvalue weighted by molar-refractivity contribution is 0.521. The van der Waals surface area contributed by atoms with E-state index in [2.05, 4.69) is 35.1 Å². The largest absolute Gasteiger partial charge is 0.259 e. The molecule has 2 aliphatic rings. The minimum Gasteiger partial charge on any atom is -0.259 e. The molecule has 0 saturated heterocycles. The second-order valence-corrected chi connectivity index (χ2v) is 7.15. The van der Waals surface area contributed by atoms with Crippen LogP contribution in [0.1, 0.15) is 62.6 Å². The maximum absolute atomic E-state index is 4.89. The van der Waals surface area contributed by atoms with Crippen LogP contribution in [0, 0.1) is 5.92 Å². The molecule has 1 aliphatic heterocycles. The number of aliphatic imine (C=N–C) groups is 1. The molecule has 0 radical (unpaired) electrons. The number of nitrogens with zero attached hydrogens (tertiary/aromatic N) is 3. The van der Waals surface area contributed by atoms with Crippen molar-refractivity contribution < 1.29 is 0 Å². The van der Waals surface area contributed by atoms with Crippen LogP contribution in [0.15, 0.2) is 47.6 Å². The summed E-state index contributed by atoms with van der Waals surface area (Å²) >= 11 is 0. The van der Waals surface area contributed by atoms with E-state index in [4.69, 9.17) is 4.98 Å². The molecule has 0 spiro atoms. The molecule has 2 atom stereocenters. The quantitative estimate of drug-likeness (QED) is 0.727. The summed E-state index contributed by atoms with van der Waals surface area (Å²) in [5.74, 6) is 1.51. The summed E-state index contributed by atoms with van der Waals surface area (Å²) < 4.78 is 0. The number of hydrogen-bond acceptors (Lipinski definition) is 3. The Balaban J connectivity index is 1.75. The van der Waals surface area contributed by atoms with Gasteiger partial charge in [0.2, 0.25) is 0 Å². The Hall–Kier alpha value is -2.29. The fourth-order valence-electron chi connectivity index (χ4n) is 3.99. The third-order valence-electron chi connectivity index (χ3n) is 5.49. The normalized spacial score (nSPS) is 22.8. The summed E-state index contributed by atoms with van der Waals surface area (Å²) in [5.41, 5.74) is 5.32. The van der Waals surface area contributed by atoms with Crippen molar-refractivity contribution in [2.45, 2.75) is 51.4 Å². The predicted molar refractivity (Wildman–Crippen MR) is 104 cm³/mol. The van der Waals surface area contributed by atoms with Crippen molar-refractivity contribution in [3.05, 3.63) is 53.9 Å². The highest BCUT2D eigenvalue weighted by Crippen LogP contribution is 2.41. The first-order chi connectivity index (χ1) is 12.3. The van der Waals surface area contributed by atoms with Gasteiger partial charge in [-0.15, -0.1) is 0 Å². The number of aromatic nitrogens is 2. The molecule has 3 heterocycles. The summed E-state index contributed by atoms with van der Waals surface area (Å²) in [6.45, 7) is 2.31. The van der Waals surface area contributed by atoms with Crippen LogP contribution in [0.2, 0.25) is 0 Å². The molecule has 1 aliphatic carbocycles. The Bertz CT molecular complexity index is 792. The molecule has 1 fully saturated rings. The van der Waals surface area contributed by atoms with Crippen LogP contribution in [0.25, 0.3) is 17.1 Å². The van der Waals surface area contributed by atoms with E-state index in [0.29, 0.717) is 5.92 Å². The van der Waals surface area contributed by atoms with Gasteiger partial charge in [-0.3, -0.25) is 9.98 Å². The first-order valence-electron chi connectivity index (χ1n) is 9.50. The molecule has 2 aromatic heterocycles. The molecule has 0 bridgehead atoms. The molecule has 3 heteroatoms. The molecule has 3 nitrogen and oxygen atoms in total. The van der Waals surface area contributed by atoms with Crippen molar-refractivity contribution >= 4 is 11.9 Å². The van der Waals surface area contributed by atoms with Crippen LogP contribution in [-0.4, -0.2) is 16.2 Å². The molecular weight excluding hydrogens is 306 g/mol. The first kappa shape index (κ1) is 16.2. The topological polar surface area (TPSA) is 38.1 Å². The van der Waals surface area contributed by atoms with Gasteiger partial charge in [0.1, 0.15) is 0 Å². The Morgan fingerprint density at radius 2 is 1.96 bits per heavy atom. The molecule has 0 N–H and O–H groups in total. The highest BCUT2D eigenvalue weighted by atomic mass is 14.8. The lowest BCUT2D eigenvalue weighted by atomic mass is 9.94. The van der Waals surface area contributed by atoms with Gasteiger partial charge in [-0.1, -0.05) is 25.5 Å². The van der Waals surface area contributed by atoms with Crippen molar-refractivity contribution in [3.8, 4) is 11.4 Å². The molecule has 2 aromatic rings. The van der Waals surface area contributed by atoms with Crippen molar-refractivity contribution in [1.82, 2.24) is 9.97 Å². The molecule has 0 aromatic carbocycles. The van der Waals surface area contributed by atoms with Gasteiger partial charge in [-0.2, -0.15) is 0 Å². The molecule has 25 heavy (non-hydrogen) atoms. The Morgan fingerprint density at radius 1 is 1.04 bits per heavy atom. The van der Waals surface area contributed by atoms with Crippen molar-refractivity contribution in [3.63, 3.8) is 0 Å². The average molecular weight is 331 g/mol. The zero-order valence-corrected chi connectivity index (χ0v) is 14.9. The third kappa shape index (κ3) is 3.55. The SMILES string of the molecule is CCC1CCC(c2cc(C3=CCCC=N3)nc(-c3ccccn3)c2)C1. The summed E-state index contributed by atoms with van der Waals surface area (Å²) in [5, 5.41) is 0. The zero-order chi connectivity index (χ0) is 17.1. The second kappa shape index (κ2) is 7.30. The zero-order valence-electron chi connectivity index (χ0n) is 14.9. The van der Waals surface area contributed by atoms with Crippen LogP contribution in [0.5, 0.6) is 0 Å². The van der Waals surface area contributed by atoms with Crippen molar-refractivity contribution in [1.29, 1.82) is 0 Å². The van der Waals surface area contributed by atoms with Crippen LogP contribution in [-0.2, 0) is 0 Å². The number of rotatable bonds is 4. The van der Waals surface area contributed by atoms with Gasteiger partial charge in [0.05, 0.1) is 22.8 Å². The molecule has 2 unspecified atom stereocenters. The maximum atomic E-state index is 4.89. The predicted octanol–water partition coefficient (Wildman–Crippen LogP) is 5.64. The van der Waals surface area contributed by atoms with E-state index in [1.807, 2.05) is 30.6 Å². The monoisotopic (exact) mass is 331 g/mol. The minimum absolute atomic E-state index is 0.641. The van der Waals surface area contributed by atoms with E-state index < -0.39 is 0 Å². The third-order valence-corrected chi connectivity index (χ3v) is 5.49. The summed E-state index contributed by atoms with van der Waals surface area (Å²) in [6, 6.07) is 10.5. The standard InChI is InChI=1S/C22H25N3/c1-2-16-9-10-17(13-16)18-14-21(19-7-3-5-11-23-19)25-22(15-18)20-8-4-6-12-24-20/h3,5,7-8,11-12,14-17H,2,4,6,9-10,13H2,1H3. The lowest BCUT2D eigenvalue weighted by Crippen LogP contribution is -2.01. The van der Waals surface area contributed by atoms with Gasteiger partial charge >= 0.3 is 0 Å². The van der Waals surface area contributed by atoms with Gasteiger partial charge in [-0.05, 0) is 73.8 Å². The van der Waals surface area contributed by atoms with Gasteiger partial charge < -0.3 is 0 Å². The van der Waals surface area contributed by atoms with Crippen LogP contribution < -0.4 is 0 Å². The van der Waals surface area contributed by atoms with Gasteiger partial charge in [0.15, 0.2) is 0 Å². The number of allylic oxidation sites excluding steroid dienone is 1. The molecule has 0 amide bonds. The molecule has 128 valence electrons. The van der Waals surface area contributed by atoms with E-state index in [1.165, 1.54) is 31.2 Å². The van der Waals surface area contributed by atoms with Crippen LogP contribution in [0.4, 0.5) is 0 Å². The smallest absolute Gasteiger partial charge is 0.0897 e. The van der Waals surface area contributed by atoms with Gasteiger partial charge in [0, 0.05) is 12.4 Å². The van der Waals surface area contributed by atoms with Crippen molar-refractivity contribution in [2.24, 2.45) is 10.9 Å². The Morgan fingerprint density at radius 3 is 2.68 bits per heavy atom. The minimum atomic E-state index is 0.641. The molecular formula is C22H25N3. The summed E-state index contributed by atoms with van der Waals surface area (Å²) in [6.07, 6.45) is 13.3. The van der Waals surface area contributed by atoms with Crippen molar-refractivity contribution in [2.75, 3.05) is 0 Å². The average Bonchev–Trinajstić information content (AvgIpc) is 3.18. The van der Waals surface area contributed by atoms with E-state index in [1.54, 1.807) is 0 Å². The molecule has 1 saturated carbocycles. The van der Waals surface area contributed by atoms with Crippen LogP contribution >= 0.6 is 0 Å². The fourth-order valence-corrected chi connectivity index (χ4v) is 3.99. The number of hydrogen-bond donors (Lipinski definition) is 0. The number of pyridine rings is 2. The van der Waals surface area contributed by atoms with E-state index >= 15 is 0 Å². The Labute approximate surface area is 150 Å². The second-order valence-electron chi connectivity index (χ2n) is 7.15. The maximum Gasteiger partial charge on any atom is 0.0897 e. The van der Waals surface area contributed by atoms with E-state index in [9.17, 15) is 0 Å². The highest BCUT2D eigenvalue weighted by molar-refractivity contribution is 5.76. The highest BCUT2D eigenvalue weighted by Gasteiger charge is 2.26. The Kier molecular flexibility index (Phi) is 4.73. The fraction of sp³-hybridized carbons (Fsp3) is 0.409.